The quantitative estimate of drug-likeness (QED) is 0.303. The van der Waals surface area contributed by atoms with Crippen LogP contribution in [0.2, 0.25) is 0 Å². The smallest absolute Gasteiger partial charge is 0.270 e. The Morgan fingerprint density at radius 2 is 1.60 bits per heavy atom. The van der Waals surface area contributed by atoms with Gasteiger partial charge in [0.1, 0.15) is 11.4 Å². The van der Waals surface area contributed by atoms with Gasteiger partial charge in [-0.15, -0.1) is 0 Å². The van der Waals surface area contributed by atoms with Crippen molar-refractivity contribution in [2.45, 2.75) is 19.5 Å². The molecule has 0 bridgehead atoms. The van der Waals surface area contributed by atoms with E-state index in [0.29, 0.717) is 36.6 Å². The fraction of sp³-hybridized carbons (Fsp3) is 0.273. The average Bonchev–Trinajstić information content (AvgIpc) is 3.29. The molecular formula is C33H36N4O3. The van der Waals surface area contributed by atoms with Gasteiger partial charge in [0.2, 0.25) is 0 Å². The van der Waals surface area contributed by atoms with Crippen molar-refractivity contribution in [2.24, 2.45) is 0 Å². The van der Waals surface area contributed by atoms with Crippen LogP contribution in [0, 0.1) is 0 Å². The molecule has 2 heterocycles. The molecule has 0 radical (unpaired) electrons. The molecule has 206 valence electrons. The number of hydrogen-bond acceptors (Lipinski definition) is 4. The minimum Gasteiger partial charge on any atom is -0.496 e. The van der Waals surface area contributed by atoms with Crippen LogP contribution in [-0.2, 0) is 13.1 Å². The molecule has 1 aromatic heterocycles. The zero-order valence-corrected chi connectivity index (χ0v) is 23.6. The summed E-state index contributed by atoms with van der Waals surface area (Å²) < 4.78 is 7.75. The molecule has 1 aliphatic heterocycles. The topological polar surface area (TPSA) is 58.0 Å². The average molecular weight is 537 g/mol. The summed E-state index contributed by atoms with van der Waals surface area (Å²) in [7, 11) is 7.55. The van der Waals surface area contributed by atoms with Crippen LogP contribution in [0.1, 0.15) is 38.5 Å². The molecule has 0 N–H and O–H groups in total. The molecule has 7 heteroatoms. The summed E-state index contributed by atoms with van der Waals surface area (Å²) in [6.45, 7) is 2.48. The fourth-order valence-electron chi connectivity index (χ4n) is 5.29. The van der Waals surface area contributed by atoms with Gasteiger partial charge in [0.25, 0.3) is 11.8 Å². The number of methoxy groups -OCH3 is 1. The van der Waals surface area contributed by atoms with Crippen LogP contribution in [0.15, 0.2) is 84.9 Å². The highest BCUT2D eigenvalue weighted by molar-refractivity contribution is 6.07. The van der Waals surface area contributed by atoms with Gasteiger partial charge in [-0.3, -0.25) is 9.59 Å². The molecule has 0 aliphatic carbocycles. The highest BCUT2D eigenvalue weighted by Crippen LogP contribution is 2.34. The third-order valence-corrected chi connectivity index (χ3v) is 7.45. The molecule has 7 nitrogen and oxygen atoms in total. The van der Waals surface area contributed by atoms with Crippen molar-refractivity contribution in [3.63, 3.8) is 0 Å². The second kappa shape index (κ2) is 11.8. The molecule has 40 heavy (non-hydrogen) atoms. The fourth-order valence-corrected chi connectivity index (χ4v) is 5.29. The van der Waals surface area contributed by atoms with Gasteiger partial charge >= 0.3 is 0 Å². The van der Waals surface area contributed by atoms with Gasteiger partial charge in [-0.25, -0.2) is 0 Å². The van der Waals surface area contributed by atoms with Crippen LogP contribution in [0.5, 0.6) is 5.75 Å². The van der Waals surface area contributed by atoms with Crippen molar-refractivity contribution >= 4 is 17.5 Å². The molecule has 0 fully saturated rings. The van der Waals surface area contributed by atoms with Gasteiger partial charge in [0.05, 0.1) is 20.2 Å². The number of benzene rings is 3. The van der Waals surface area contributed by atoms with E-state index in [4.69, 9.17) is 4.74 Å². The van der Waals surface area contributed by atoms with Gasteiger partial charge in [0.15, 0.2) is 0 Å². The maximum absolute atomic E-state index is 14.0. The lowest BCUT2D eigenvalue weighted by Gasteiger charge is -2.23. The summed E-state index contributed by atoms with van der Waals surface area (Å²) in [6.07, 6.45) is 0.903. The van der Waals surface area contributed by atoms with E-state index in [1.54, 1.807) is 16.9 Å². The molecule has 0 unspecified atom stereocenters. The van der Waals surface area contributed by atoms with Crippen molar-refractivity contribution < 1.29 is 14.3 Å². The molecule has 0 spiro atoms. The van der Waals surface area contributed by atoms with E-state index >= 15 is 0 Å². The normalized spacial score (nSPS) is 12.5. The van der Waals surface area contributed by atoms with Gasteiger partial charge < -0.3 is 24.0 Å². The first-order valence-corrected chi connectivity index (χ1v) is 13.6. The lowest BCUT2D eigenvalue weighted by Crippen LogP contribution is -2.32. The number of fused-ring (bicyclic) bond motifs is 2. The van der Waals surface area contributed by atoms with E-state index in [1.165, 1.54) is 0 Å². The van der Waals surface area contributed by atoms with Crippen LogP contribution < -0.4 is 9.64 Å². The highest BCUT2D eigenvalue weighted by atomic mass is 16.5. The number of rotatable bonds is 8. The summed E-state index contributed by atoms with van der Waals surface area (Å²) in [6, 6.07) is 27.4. The Bertz CT molecular complexity index is 1510. The number of amides is 2. The van der Waals surface area contributed by atoms with Crippen LogP contribution in [0.4, 0.5) is 5.69 Å². The Morgan fingerprint density at radius 3 is 2.35 bits per heavy atom. The number of ether oxygens (including phenoxy) is 1. The van der Waals surface area contributed by atoms with Gasteiger partial charge in [-0.2, -0.15) is 0 Å². The van der Waals surface area contributed by atoms with E-state index in [9.17, 15) is 9.59 Å². The lowest BCUT2D eigenvalue weighted by atomic mass is 10.0. The first-order valence-electron chi connectivity index (χ1n) is 13.6. The Balaban J connectivity index is 1.46. The van der Waals surface area contributed by atoms with E-state index < -0.39 is 0 Å². The molecule has 1 aliphatic rings. The van der Waals surface area contributed by atoms with E-state index in [1.807, 2.05) is 106 Å². The largest absolute Gasteiger partial charge is 0.496 e. The minimum absolute atomic E-state index is 0.0106. The maximum atomic E-state index is 14.0. The van der Waals surface area contributed by atoms with Crippen molar-refractivity contribution in [1.82, 2.24) is 14.4 Å². The SMILES string of the molecule is COc1cc(C(=O)N2Cc3ccc(C(=O)N(C)CCCN(C)C)n3Cc3ccccc32)ccc1-c1ccccc1. The summed E-state index contributed by atoms with van der Waals surface area (Å²) >= 11 is 0. The third-order valence-electron chi connectivity index (χ3n) is 7.45. The van der Waals surface area contributed by atoms with Gasteiger partial charge in [-0.05, 0) is 74.6 Å². The number of carbonyl (C=O) groups excluding carboxylic acids is 2. The molecule has 2 amide bonds. The van der Waals surface area contributed by atoms with Crippen LogP contribution in [0.25, 0.3) is 11.1 Å². The number of carbonyl (C=O) groups is 2. The van der Waals surface area contributed by atoms with Crippen LogP contribution >= 0.6 is 0 Å². The van der Waals surface area contributed by atoms with Crippen LogP contribution in [0.3, 0.4) is 0 Å². The van der Waals surface area contributed by atoms with Crippen molar-refractivity contribution in [3.05, 3.63) is 107 Å². The summed E-state index contributed by atoms with van der Waals surface area (Å²) in [5.74, 6) is 0.519. The number of aromatic nitrogens is 1. The summed E-state index contributed by atoms with van der Waals surface area (Å²) in [4.78, 5) is 33.2. The first kappa shape index (κ1) is 27.2. The molecule has 4 aromatic rings. The number of nitrogens with zero attached hydrogens (tertiary/aromatic N) is 4. The van der Waals surface area contributed by atoms with E-state index in [-0.39, 0.29) is 11.8 Å². The Kier molecular flexibility index (Phi) is 8.03. The van der Waals surface area contributed by atoms with Crippen molar-refractivity contribution in [1.29, 1.82) is 0 Å². The Labute approximate surface area is 236 Å². The number of para-hydroxylation sites is 1. The predicted molar refractivity (Wildman–Crippen MR) is 159 cm³/mol. The van der Waals surface area contributed by atoms with E-state index in [0.717, 1.165) is 41.0 Å². The second-order valence-corrected chi connectivity index (χ2v) is 10.5. The first-order chi connectivity index (χ1) is 19.4. The number of hydrogen-bond donors (Lipinski definition) is 0. The second-order valence-electron chi connectivity index (χ2n) is 10.5. The highest BCUT2D eigenvalue weighted by Gasteiger charge is 2.28. The minimum atomic E-state index is -0.117. The summed E-state index contributed by atoms with van der Waals surface area (Å²) in [5, 5.41) is 0. The van der Waals surface area contributed by atoms with E-state index in [2.05, 4.69) is 9.47 Å². The molecule has 0 saturated heterocycles. The zero-order chi connectivity index (χ0) is 28.2. The number of anilines is 1. The molecule has 5 rings (SSSR count). The van der Waals surface area contributed by atoms with Gasteiger partial charge in [0, 0.05) is 36.1 Å². The summed E-state index contributed by atoms with van der Waals surface area (Å²) in [5.41, 5.74) is 5.90. The Morgan fingerprint density at radius 1 is 0.850 bits per heavy atom. The third kappa shape index (κ3) is 5.51. The van der Waals surface area contributed by atoms with Crippen LogP contribution in [-0.4, -0.2) is 67.5 Å². The molecule has 3 aromatic carbocycles. The van der Waals surface area contributed by atoms with Gasteiger partial charge in [-0.1, -0.05) is 48.5 Å². The van der Waals surface area contributed by atoms with Crippen molar-refractivity contribution in [3.8, 4) is 16.9 Å². The molecule has 0 saturated carbocycles. The Hall–Kier alpha value is -4.36. The zero-order valence-electron chi connectivity index (χ0n) is 23.6. The lowest BCUT2D eigenvalue weighted by molar-refractivity contribution is 0.0780. The molecule has 0 atom stereocenters. The standard InChI is InChI=1S/C33H36N4O3/c1-34(2)19-10-20-35(3)33(39)30-18-16-27-23-37(29-14-9-8-13-26(29)22-36(27)30)32(38)25-15-17-28(31(21-25)40-4)24-11-6-5-7-12-24/h5-9,11-18,21H,10,19-20,22-23H2,1-4H3. The monoisotopic (exact) mass is 536 g/mol. The predicted octanol–water partition coefficient (Wildman–Crippen LogP) is 5.40. The maximum Gasteiger partial charge on any atom is 0.270 e. The van der Waals surface area contributed by atoms with Crippen molar-refractivity contribution in [2.75, 3.05) is 46.2 Å². The molecular weight excluding hydrogens is 500 g/mol.